The molecular formula is C15H15N3S. The summed E-state index contributed by atoms with van der Waals surface area (Å²) in [7, 11) is 0. The van der Waals surface area contributed by atoms with Gasteiger partial charge in [0.15, 0.2) is 0 Å². The molecule has 0 unspecified atom stereocenters. The van der Waals surface area contributed by atoms with Gasteiger partial charge in [0, 0.05) is 4.90 Å². The molecule has 2 aromatic rings. The SMILES string of the molecule is CSc1ccc(CN(N)c2ccc(C#N)cc2)cc1. The van der Waals surface area contributed by atoms with E-state index in [1.807, 2.05) is 12.1 Å². The number of benzene rings is 2. The second kappa shape index (κ2) is 6.28. The van der Waals surface area contributed by atoms with E-state index in [9.17, 15) is 0 Å². The molecular weight excluding hydrogens is 254 g/mol. The number of nitrogens with two attached hydrogens (primary N) is 1. The van der Waals surface area contributed by atoms with Gasteiger partial charge in [-0.2, -0.15) is 5.26 Å². The van der Waals surface area contributed by atoms with E-state index in [4.69, 9.17) is 11.1 Å². The fourth-order valence-corrected chi connectivity index (χ4v) is 2.15. The normalized spacial score (nSPS) is 9.95. The molecule has 0 heterocycles. The van der Waals surface area contributed by atoms with Gasteiger partial charge in [0.05, 0.1) is 23.9 Å². The summed E-state index contributed by atoms with van der Waals surface area (Å²) < 4.78 is 0. The van der Waals surface area contributed by atoms with Crippen LogP contribution in [0.25, 0.3) is 0 Å². The van der Waals surface area contributed by atoms with Gasteiger partial charge in [-0.05, 0) is 48.2 Å². The smallest absolute Gasteiger partial charge is 0.0991 e. The molecule has 0 aromatic heterocycles. The van der Waals surface area contributed by atoms with E-state index < -0.39 is 0 Å². The Kier molecular flexibility index (Phi) is 4.45. The van der Waals surface area contributed by atoms with E-state index in [0.29, 0.717) is 12.1 Å². The highest BCUT2D eigenvalue weighted by atomic mass is 32.2. The maximum Gasteiger partial charge on any atom is 0.0991 e. The second-order valence-electron chi connectivity index (χ2n) is 4.13. The van der Waals surface area contributed by atoms with Crippen molar-refractivity contribution >= 4 is 17.4 Å². The van der Waals surface area contributed by atoms with Crippen molar-refractivity contribution in [2.24, 2.45) is 5.84 Å². The lowest BCUT2D eigenvalue weighted by Gasteiger charge is -2.18. The van der Waals surface area contributed by atoms with Crippen molar-refractivity contribution in [3.8, 4) is 6.07 Å². The summed E-state index contributed by atoms with van der Waals surface area (Å²) in [6.45, 7) is 0.639. The van der Waals surface area contributed by atoms with Crippen LogP contribution < -0.4 is 10.9 Å². The van der Waals surface area contributed by atoms with Crippen LogP contribution in [0.4, 0.5) is 5.69 Å². The van der Waals surface area contributed by atoms with Crippen molar-refractivity contribution < 1.29 is 0 Å². The Morgan fingerprint density at radius 1 is 1.11 bits per heavy atom. The molecule has 4 heteroatoms. The van der Waals surface area contributed by atoms with Gasteiger partial charge in [0.25, 0.3) is 0 Å². The van der Waals surface area contributed by atoms with Gasteiger partial charge in [0.1, 0.15) is 0 Å². The number of hydrogen-bond donors (Lipinski definition) is 1. The van der Waals surface area contributed by atoms with Crippen LogP contribution in [0.3, 0.4) is 0 Å². The minimum absolute atomic E-state index is 0.639. The zero-order valence-corrected chi connectivity index (χ0v) is 11.5. The quantitative estimate of drug-likeness (QED) is 0.526. The molecule has 2 N–H and O–H groups in total. The summed E-state index contributed by atoms with van der Waals surface area (Å²) in [4.78, 5) is 1.24. The molecule has 0 saturated heterocycles. The molecule has 0 bridgehead atoms. The van der Waals surface area contributed by atoms with E-state index in [0.717, 1.165) is 11.3 Å². The molecule has 0 aliphatic heterocycles. The third-order valence-corrected chi connectivity index (χ3v) is 3.58. The summed E-state index contributed by atoms with van der Waals surface area (Å²) in [5.74, 6) is 6.03. The molecule has 0 aliphatic rings. The molecule has 2 rings (SSSR count). The Bertz CT molecular complexity index is 570. The van der Waals surface area contributed by atoms with Crippen LogP contribution in [-0.2, 0) is 6.54 Å². The molecule has 2 aromatic carbocycles. The minimum Gasteiger partial charge on any atom is -0.307 e. The molecule has 0 amide bonds. The topological polar surface area (TPSA) is 53.0 Å². The molecule has 0 radical (unpaired) electrons. The maximum atomic E-state index is 8.75. The first kappa shape index (κ1) is 13.5. The Labute approximate surface area is 117 Å². The lowest BCUT2D eigenvalue weighted by molar-refractivity contribution is 0.852. The zero-order chi connectivity index (χ0) is 13.7. The van der Waals surface area contributed by atoms with Crippen molar-refractivity contribution in [1.29, 1.82) is 5.26 Å². The Balaban J connectivity index is 2.06. The fourth-order valence-electron chi connectivity index (χ4n) is 1.75. The Morgan fingerprint density at radius 2 is 1.74 bits per heavy atom. The number of nitrogens with zero attached hydrogens (tertiary/aromatic N) is 2. The van der Waals surface area contributed by atoms with E-state index in [-0.39, 0.29) is 0 Å². The predicted octanol–water partition coefficient (Wildman–Crippen LogP) is 3.16. The molecule has 0 saturated carbocycles. The van der Waals surface area contributed by atoms with Crippen molar-refractivity contribution in [2.45, 2.75) is 11.4 Å². The predicted molar refractivity (Wildman–Crippen MR) is 79.8 cm³/mol. The van der Waals surface area contributed by atoms with Crippen LogP contribution in [0.1, 0.15) is 11.1 Å². The molecule has 0 spiro atoms. The molecule has 19 heavy (non-hydrogen) atoms. The number of hydrogen-bond acceptors (Lipinski definition) is 4. The van der Waals surface area contributed by atoms with Crippen molar-refractivity contribution in [2.75, 3.05) is 11.3 Å². The lowest BCUT2D eigenvalue weighted by Crippen LogP contribution is -2.29. The fraction of sp³-hybridized carbons (Fsp3) is 0.133. The molecule has 3 nitrogen and oxygen atoms in total. The summed E-state index contributed by atoms with van der Waals surface area (Å²) >= 11 is 1.72. The van der Waals surface area contributed by atoms with E-state index >= 15 is 0 Å². The van der Waals surface area contributed by atoms with Crippen molar-refractivity contribution in [1.82, 2.24) is 0 Å². The van der Waals surface area contributed by atoms with E-state index in [1.165, 1.54) is 4.90 Å². The number of rotatable bonds is 4. The summed E-state index contributed by atoms with van der Waals surface area (Å²) in [5.41, 5.74) is 2.69. The molecule has 0 atom stereocenters. The number of anilines is 1. The lowest BCUT2D eigenvalue weighted by atomic mass is 10.2. The third-order valence-electron chi connectivity index (χ3n) is 2.84. The van der Waals surface area contributed by atoms with Gasteiger partial charge >= 0.3 is 0 Å². The largest absolute Gasteiger partial charge is 0.307 e. The highest BCUT2D eigenvalue weighted by Gasteiger charge is 2.03. The average Bonchev–Trinajstić information content (AvgIpc) is 2.48. The van der Waals surface area contributed by atoms with E-state index in [1.54, 1.807) is 28.9 Å². The van der Waals surface area contributed by atoms with Gasteiger partial charge in [0.2, 0.25) is 0 Å². The Hall–Kier alpha value is -1.96. The first-order chi connectivity index (χ1) is 9.22. The van der Waals surface area contributed by atoms with Gasteiger partial charge in [-0.1, -0.05) is 12.1 Å². The first-order valence-corrected chi connectivity index (χ1v) is 7.11. The Morgan fingerprint density at radius 3 is 2.26 bits per heavy atom. The monoisotopic (exact) mass is 269 g/mol. The van der Waals surface area contributed by atoms with E-state index in [2.05, 4.69) is 36.6 Å². The highest BCUT2D eigenvalue weighted by molar-refractivity contribution is 7.98. The van der Waals surface area contributed by atoms with Crippen LogP contribution in [0.2, 0.25) is 0 Å². The summed E-state index contributed by atoms with van der Waals surface area (Å²) in [6, 6.07) is 17.7. The van der Waals surface area contributed by atoms with Crippen LogP contribution in [0.15, 0.2) is 53.4 Å². The standard InChI is InChI=1S/C15H15N3S/c1-19-15-8-4-13(5-9-15)11-18(17)14-6-2-12(10-16)3-7-14/h2-9H,11,17H2,1H3. The van der Waals surface area contributed by atoms with Crippen LogP contribution >= 0.6 is 11.8 Å². The molecule has 96 valence electrons. The maximum absolute atomic E-state index is 8.75. The first-order valence-electron chi connectivity index (χ1n) is 5.88. The third kappa shape index (κ3) is 3.50. The van der Waals surface area contributed by atoms with Crippen LogP contribution in [0, 0.1) is 11.3 Å². The van der Waals surface area contributed by atoms with Crippen molar-refractivity contribution in [3.05, 3.63) is 59.7 Å². The van der Waals surface area contributed by atoms with Gasteiger partial charge in [-0.25, -0.2) is 5.84 Å². The summed E-state index contributed by atoms with van der Waals surface area (Å²) in [6.07, 6.45) is 2.06. The van der Waals surface area contributed by atoms with Crippen molar-refractivity contribution in [3.63, 3.8) is 0 Å². The van der Waals surface area contributed by atoms with Crippen LogP contribution in [-0.4, -0.2) is 6.26 Å². The van der Waals surface area contributed by atoms with Gasteiger partial charge in [-0.3, -0.25) is 0 Å². The molecule has 0 aliphatic carbocycles. The second-order valence-corrected chi connectivity index (χ2v) is 5.01. The number of nitriles is 1. The van der Waals surface area contributed by atoms with Gasteiger partial charge < -0.3 is 5.01 Å². The summed E-state index contributed by atoms with van der Waals surface area (Å²) in [5, 5.41) is 10.4. The highest BCUT2D eigenvalue weighted by Crippen LogP contribution is 2.18. The number of hydrazine groups is 1. The number of thioether (sulfide) groups is 1. The minimum atomic E-state index is 0.639. The average molecular weight is 269 g/mol. The molecule has 0 fully saturated rings. The zero-order valence-electron chi connectivity index (χ0n) is 10.7. The van der Waals surface area contributed by atoms with Gasteiger partial charge in [-0.15, -0.1) is 11.8 Å². The van der Waals surface area contributed by atoms with Crippen LogP contribution in [0.5, 0.6) is 0 Å².